The van der Waals surface area contributed by atoms with E-state index in [1.807, 2.05) is 11.8 Å². The summed E-state index contributed by atoms with van der Waals surface area (Å²) in [6, 6.07) is 61.6. The van der Waals surface area contributed by atoms with Gasteiger partial charge in [0, 0.05) is 0 Å². The molecule has 0 saturated carbocycles. The van der Waals surface area contributed by atoms with Gasteiger partial charge in [0.15, 0.2) is 0 Å². The quantitative estimate of drug-likeness (QED) is 0.0330. The van der Waals surface area contributed by atoms with Crippen molar-refractivity contribution in [1.29, 1.82) is 0 Å². The number of thioether (sulfide) groups is 1. The van der Waals surface area contributed by atoms with Gasteiger partial charge in [0.1, 0.15) is 13.3 Å². The van der Waals surface area contributed by atoms with E-state index >= 15 is 0 Å². The standard InChI is InChI=1S/C54H60F2O6S/c55-31-35-59-39-43-61-41-37-57-33-29-45-21-25-51(26-22-45)53(47-13-5-1-6-14-47,48-15-7-2-8-16-48)63-54(49-17-9-3-10-18-49,50-19-11-4-12-20-50)52-27-23-46(24-28-52)30-34-58-38-42-62-44-40-60-36-32-56/h1-28H,29-44H2. The minimum absolute atomic E-state index is 0.101. The second kappa shape index (κ2) is 26.8. The van der Waals surface area contributed by atoms with Gasteiger partial charge < -0.3 is 28.4 Å². The Kier molecular flexibility index (Phi) is 20.3. The van der Waals surface area contributed by atoms with Crippen LogP contribution in [-0.2, 0) is 50.8 Å². The van der Waals surface area contributed by atoms with Crippen molar-refractivity contribution in [2.45, 2.75) is 22.3 Å². The van der Waals surface area contributed by atoms with Gasteiger partial charge in [-0.3, -0.25) is 0 Å². The summed E-state index contributed by atoms with van der Waals surface area (Å²) >= 11 is 1.95. The predicted octanol–water partition coefficient (Wildman–Crippen LogP) is 10.8. The maximum absolute atomic E-state index is 12.2. The fraction of sp³-hybridized carbons (Fsp3) is 0.333. The predicted molar refractivity (Wildman–Crippen MR) is 250 cm³/mol. The molecule has 0 N–H and O–H groups in total. The molecule has 0 atom stereocenters. The zero-order valence-electron chi connectivity index (χ0n) is 36.1. The van der Waals surface area contributed by atoms with E-state index in [4.69, 9.17) is 28.4 Å². The Bertz CT molecular complexity index is 1860. The summed E-state index contributed by atoms with van der Waals surface area (Å²) in [4.78, 5) is 0. The molecular formula is C54H60F2O6S. The maximum atomic E-state index is 12.2. The summed E-state index contributed by atoms with van der Waals surface area (Å²) in [6.07, 6.45) is 1.52. The van der Waals surface area contributed by atoms with Crippen molar-refractivity contribution in [1.82, 2.24) is 0 Å². The molecule has 63 heavy (non-hydrogen) atoms. The number of alkyl halides is 2. The summed E-state index contributed by atoms with van der Waals surface area (Å²) in [6.45, 7) is 3.86. The topological polar surface area (TPSA) is 55.4 Å². The molecule has 0 fully saturated rings. The van der Waals surface area contributed by atoms with Crippen LogP contribution in [0.2, 0.25) is 0 Å². The summed E-state index contributed by atoms with van der Waals surface area (Å²) in [5, 5.41) is 0. The van der Waals surface area contributed by atoms with Crippen LogP contribution in [0.15, 0.2) is 170 Å². The molecule has 0 spiro atoms. The van der Waals surface area contributed by atoms with E-state index < -0.39 is 22.8 Å². The van der Waals surface area contributed by atoms with Gasteiger partial charge in [0.2, 0.25) is 0 Å². The Hall–Kier alpha value is -4.71. The minimum Gasteiger partial charge on any atom is -0.379 e. The smallest absolute Gasteiger partial charge is 0.113 e. The van der Waals surface area contributed by atoms with Crippen molar-refractivity contribution in [2.24, 2.45) is 0 Å². The molecule has 6 aromatic carbocycles. The first-order valence-electron chi connectivity index (χ1n) is 21.9. The van der Waals surface area contributed by atoms with Crippen molar-refractivity contribution in [3.8, 4) is 0 Å². The van der Waals surface area contributed by atoms with Crippen LogP contribution in [0.1, 0.15) is 44.5 Å². The van der Waals surface area contributed by atoms with Crippen LogP contribution in [0, 0.1) is 0 Å². The van der Waals surface area contributed by atoms with E-state index in [9.17, 15) is 8.78 Å². The number of rotatable bonds is 30. The molecule has 0 aliphatic carbocycles. The maximum Gasteiger partial charge on any atom is 0.113 e. The number of hydrogen-bond donors (Lipinski definition) is 0. The first kappa shape index (κ1) is 47.8. The Morgan fingerprint density at radius 3 is 0.794 bits per heavy atom. The van der Waals surface area contributed by atoms with Gasteiger partial charge in [-0.25, -0.2) is 8.78 Å². The number of benzene rings is 6. The third kappa shape index (κ3) is 13.6. The van der Waals surface area contributed by atoms with Crippen LogP contribution < -0.4 is 0 Å². The first-order chi connectivity index (χ1) is 31.2. The van der Waals surface area contributed by atoms with E-state index in [1.165, 1.54) is 44.5 Å². The molecule has 0 amide bonds. The van der Waals surface area contributed by atoms with Crippen LogP contribution in [0.5, 0.6) is 0 Å². The van der Waals surface area contributed by atoms with Crippen molar-refractivity contribution in [3.63, 3.8) is 0 Å². The normalized spacial score (nSPS) is 11.8. The summed E-state index contributed by atoms with van der Waals surface area (Å²) in [5.41, 5.74) is 9.40. The van der Waals surface area contributed by atoms with Gasteiger partial charge in [-0.2, -0.15) is 0 Å². The molecule has 6 nitrogen and oxygen atoms in total. The van der Waals surface area contributed by atoms with E-state index in [2.05, 4.69) is 170 Å². The summed E-state index contributed by atoms with van der Waals surface area (Å²) in [7, 11) is 0. The van der Waals surface area contributed by atoms with Crippen molar-refractivity contribution < 1.29 is 37.2 Å². The molecule has 6 rings (SSSR count). The lowest BCUT2D eigenvalue weighted by atomic mass is 9.82. The van der Waals surface area contributed by atoms with Crippen molar-refractivity contribution >= 4 is 11.8 Å². The number of ether oxygens (including phenoxy) is 6. The second-order valence-corrected chi connectivity index (χ2v) is 16.3. The molecule has 0 heterocycles. The fourth-order valence-corrected chi connectivity index (χ4v) is 9.64. The lowest BCUT2D eigenvalue weighted by Crippen LogP contribution is -2.36. The van der Waals surface area contributed by atoms with Crippen molar-refractivity contribution in [3.05, 3.63) is 214 Å². The highest BCUT2D eigenvalue weighted by molar-refractivity contribution is 8.02. The SMILES string of the molecule is FCCOCCOCCOCCc1ccc(C(SC(c2ccccc2)(c2ccccc2)c2ccc(CCOCCOCCOCCF)cc2)(c2ccccc2)c2ccccc2)cc1. The van der Waals surface area contributed by atoms with Gasteiger partial charge in [0.25, 0.3) is 0 Å². The minimum atomic E-state index is -0.678. The van der Waals surface area contributed by atoms with E-state index in [0.29, 0.717) is 66.1 Å². The van der Waals surface area contributed by atoms with Gasteiger partial charge in [-0.15, -0.1) is 11.8 Å². The summed E-state index contributed by atoms with van der Waals surface area (Å²) < 4.78 is 56.3. The van der Waals surface area contributed by atoms with Gasteiger partial charge in [-0.1, -0.05) is 170 Å². The molecule has 0 aromatic heterocycles. The Morgan fingerprint density at radius 1 is 0.286 bits per heavy atom. The molecule has 6 aromatic rings. The highest BCUT2D eigenvalue weighted by atomic mass is 32.2. The van der Waals surface area contributed by atoms with Crippen LogP contribution >= 0.6 is 11.8 Å². The number of hydrogen-bond acceptors (Lipinski definition) is 7. The molecule has 332 valence electrons. The van der Waals surface area contributed by atoms with Crippen LogP contribution in [0.4, 0.5) is 8.78 Å². The largest absolute Gasteiger partial charge is 0.379 e. The zero-order chi connectivity index (χ0) is 43.7. The monoisotopic (exact) mass is 874 g/mol. The van der Waals surface area contributed by atoms with Gasteiger partial charge in [-0.05, 0) is 57.3 Å². The lowest BCUT2D eigenvalue weighted by Gasteiger charge is -2.45. The second-order valence-electron chi connectivity index (χ2n) is 14.9. The lowest BCUT2D eigenvalue weighted by molar-refractivity contribution is 0.0128. The van der Waals surface area contributed by atoms with Gasteiger partial charge in [0.05, 0.1) is 88.8 Å². The average Bonchev–Trinajstić information content (AvgIpc) is 3.35. The zero-order valence-corrected chi connectivity index (χ0v) is 36.9. The van der Waals surface area contributed by atoms with Gasteiger partial charge >= 0.3 is 0 Å². The molecule has 0 aliphatic rings. The van der Waals surface area contributed by atoms with Crippen molar-refractivity contribution in [2.75, 3.05) is 92.6 Å². The highest BCUT2D eigenvalue weighted by Gasteiger charge is 2.48. The third-order valence-corrected chi connectivity index (χ3v) is 12.8. The molecular weight excluding hydrogens is 815 g/mol. The van der Waals surface area contributed by atoms with E-state index in [1.54, 1.807) is 0 Å². The molecule has 9 heteroatoms. The van der Waals surface area contributed by atoms with E-state index in [-0.39, 0.29) is 13.2 Å². The first-order valence-corrected chi connectivity index (χ1v) is 22.7. The molecule has 0 radical (unpaired) electrons. The molecule has 0 saturated heterocycles. The molecule has 0 unspecified atom stereocenters. The third-order valence-electron chi connectivity index (χ3n) is 10.7. The Morgan fingerprint density at radius 2 is 0.524 bits per heavy atom. The highest BCUT2D eigenvalue weighted by Crippen LogP contribution is 2.61. The van der Waals surface area contributed by atoms with E-state index in [0.717, 1.165) is 12.8 Å². The molecule has 0 bridgehead atoms. The fourth-order valence-electron chi connectivity index (χ4n) is 7.66. The Balaban J connectivity index is 1.32. The average molecular weight is 875 g/mol. The van der Waals surface area contributed by atoms with Crippen LogP contribution in [-0.4, -0.2) is 92.6 Å². The van der Waals surface area contributed by atoms with Crippen LogP contribution in [0.25, 0.3) is 0 Å². The summed E-state index contributed by atoms with van der Waals surface area (Å²) in [5.74, 6) is 0. The molecule has 0 aliphatic heterocycles. The van der Waals surface area contributed by atoms with Crippen LogP contribution in [0.3, 0.4) is 0 Å². The Labute approximate surface area is 376 Å². The number of halogens is 2.